The molecule has 30 heavy (non-hydrogen) atoms. The fraction of sp³-hybridized carbons (Fsp3) is 0.583. The van der Waals surface area contributed by atoms with E-state index in [1.165, 1.54) is 19.0 Å². The third-order valence-electron chi connectivity index (χ3n) is 6.50. The molecule has 4 rings (SSSR count). The number of hydrogen-bond acceptors (Lipinski definition) is 3. The molecule has 2 fully saturated rings. The first-order valence-electron chi connectivity index (χ1n) is 11.0. The highest BCUT2D eigenvalue weighted by molar-refractivity contribution is 5.94. The number of alkyl halides is 3. The average molecular weight is 419 g/mol. The van der Waals surface area contributed by atoms with E-state index in [9.17, 15) is 18.0 Å². The summed E-state index contributed by atoms with van der Waals surface area (Å²) in [4.78, 5) is 18.5. The zero-order valence-corrected chi connectivity index (χ0v) is 17.4. The topological polar surface area (TPSA) is 33.2 Å². The van der Waals surface area contributed by atoms with Crippen molar-refractivity contribution in [3.8, 4) is 0 Å². The van der Waals surface area contributed by atoms with Gasteiger partial charge in [-0.1, -0.05) is 19.8 Å². The molecule has 1 aromatic carbocycles. The van der Waals surface area contributed by atoms with Gasteiger partial charge < -0.3 is 4.90 Å². The number of fused-ring (bicyclic) bond motifs is 1. The molecule has 6 heteroatoms. The Kier molecular flexibility index (Phi) is 6.03. The number of ketones is 1. The van der Waals surface area contributed by atoms with Gasteiger partial charge in [0, 0.05) is 43.2 Å². The van der Waals surface area contributed by atoms with E-state index in [-0.39, 0.29) is 5.52 Å². The largest absolute Gasteiger partial charge is 0.418 e. The molecule has 1 saturated carbocycles. The van der Waals surface area contributed by atoms with Crippen LogP contribution in [0.25, 0.3) is 10.9 Å². The second kappa shape index (κ2) is 8.56. The molecule has 0 amide bonds. The number of carbonyl (C=O) groups excluding carboxylic acids is 1. The maximum atomic E-state index is 13.4. The first-order valence-corrected chi connectivity index (χ1v) is 11.0. The Balaban J connectivity index is 1.49. The van der Waals surface area contributed by atoms with Crippen molar-refractivity contribution in [3.05, 3.63) is 36.0 Å². The summed E-state index contributed by atoms with van der Waals surface area (Å²) in [7, 11) is 0. The minimum absolute atomic E-state index is 0.00697. The molecule has 2 aliphatic rings. The molecular formula is C24H29F3N2O. The number of hydrogen-bond donors (Lipinski definition) is 0. The monoisotopic (exact) mass is 418 g/mol. The quantitative estimate of drug-likeness (QED) is 0.532. The van der Waals surface area contributed by atoms with E-state index in [0.717, 1.165) is 50.0 Å². The number of halogens is 3. The minimum atomic E-state index is -4.43. The number of pyridine rings is 1. The van der Waals surface area contributed by atoms with Gasteiger partial charge in [-0.15, -0.1) is 0 Å². The molecule has 0 unspecified atom stereocenters. The third-order valence-corrected chi connectivity index (χ3v) is 6.50. The van der Waals surface area contributed by atoms with Crippen molar-refractivity contribution < 1.29 is 18.0 Å². The third kappa shape index (κ3) is 4.96. The zero-order chi connectivity index (χ0) is 21.3. The van der Waals surface area contributed by atoms with Crippen molar-refractivity contribution in [2.24, 2.45) is 17.8 Å². The highest BCUT2D eigenvalue weighted by atomic mass is 19.4. The van der Waals surface area contributed by atoms with E-state index in [4.69, 9.17) is 0 Å². The van der Waals surface area contributed by atoms with Crippen molar-refractivity contribution in [2.45, 2.75) is 58.0 Å². The number of piperidine rings is 1. The summed E-state index contributed by atoms with van der Waals surface area (Å²) in [6.45, 7) is 3.76. The predicted octanol–water partition coefficient (Wildman–Crippen LogP) is 6.26. The van der Waals surface area contributed by atoms with Gasteiger partial charge in [0.25, 0.3) is 0 Å². The molecule has 0 spiro atoms. The van der Waals surface area contributed by atoms with Gasteiger partial charge in [-0.25, -0.2) is 0 Å². The molecular weight excluding hydrogens is 389 g/mol. The summed E-state index contributed by atoms with van der Waals surface area (Å²) in [6, 6.07) is 6.15. The molecule has 2 atom stereocenters. The number of nitrogens with zero attached hydrogens (tertiary/aromatic N) is 2. The zero-order valence-electron chi connectivity index (χ0n) is 17.4. The summed E-state index contributed by atoms with van der Waals surface area (Å²) in [5.41, 5.74) is 0.125. The molecule has 0 radical (unpaired) electrons. The van der Waals surface area contributed by atoms with Crippen LogP contribution in [0.2, 0.25) is 0 Å². The van der Waals surface area contributed by atoms with Gasteiger partial charge in [-0.2, -0.15) is 13.2 Å². The Morgan fingerprint density at radius 2 is 1.83 bits per heavy atom. The van der Waals surface area contributed by atoms with Gasteiger partial charge in [0.1, 0.15) is 5.78 Å². The van der Waals surface area contributed by atoms with Gasteiger partial charge in [-0.3, -0.25) is 9.78 Å². The molecule has 3 nitrogen and oxygen atoms in total. The SMILES string of the molecule is C[C@H]1C[C@@H](CCC(=O)CCC2CC2)CN(c2ccc(C(F)(F)F)c3ncccc23)C1. The van der Waals surface area contributed by atoms with Crippen molar-refractivity contribution in [2.75, 3.05) is 18.0 Å². The van der Waals surface area contributed by atoms with Gasteiger partial charge in [0.05, 0.1) is 11.1 Å². The van der Waals surface area contributed by atoms with Crippen LogP contribution in [0.3, 0.4) is 0 Å². The van der Waals surface area contributed by atoms with Crippen LogP contribution in [0.4, 0.5) is 18.9 Å². The number of aromatic nitrogens is 1. The molecule has 1 aliphatic carbocycles. The van der Waals surface area contributed by atoms with E-state index in [1.54, 1.807) is 18.2 Å². The molecule has 1 aliphatic heterocycles. The smallest absolute Gasteiger partial charge is 0.370 e. The lowest BCUT2D eigenvalue weighted by atomic mass is 9.86. The second-order valence-electron chi connectivity index (χ2n) is 9.20. The molecule has 1 saturated heterocycles. The number of Topliss-reactive ketones (excluding diaryl/α,β-unsaturated/α-hetero) is 1. The number of anilines is 1. The van der Waals surface area contributed by atoms with Crippen LogP contribution in [0.1, 0.15) is 57.4 Å². The van der Waals surface area contributed by atoms with Crippen molar-refractivity contribution in [1.29, 1.82) is 0 Å². The summed E-state index contributed by atoms with van der Waals surface area (Å²) < 4.78 is 40.3. The van der Waals surface area contributed by atoms with Gasteiger partial charge in [0.2, 0.25) is 0 Å². The van der Waals surface area contributed by atoms with E-state index in [2.05, 4.69) is 16.8 Å². The van der Waals surface area contributed by atoms with Crippen LogP contribution in [0.15, 0.2) is 30.5 Å². The minimum Gasteiger partial charge on any atom is -0.370 e. The lowest BCUT2D eigenvalue weighted by Gasteiger charge is -2.38. The summed E-state index contributed by atoms with van der Waals surface area (Å²) in [5, 5.41) is 0.542. The Morgan fingerprint density at radius 1 is 1.10 bits per heavy atom. The fourth-order valence-corrected chi connectivity index (χ4v) is 4.81. The Morgan fingerprint density at radius 3 is 2.53 bits per heavy atom. The van der Waals surface area contributed by atoms with Crippen molar-refractivity contribution in [1.82, 2.24) is 4.98 Å². The molecule has 162 valence electrons. The Hall–Kier alpha value is -2.11. The van der Waals surface area contributed by atoms with Crippen molar-refractivity contribution >= 4 is 22.4 Å². The summed E-state index contributed by atoms with van der Waals surface area (Å²) in [6.07, 6.45) is 3.82. The Bertz CT molecular complexity index is 907. The van der Waals surface area contributed by atoms with E-state index >= 15 is 0 Å². The van der Waals surface area contributed by atoms with Crippen LogP contribution in [0, 0.1) is 17.8 Å². The standard InChI is InChI=1S/C24H29F3N2O/c1-16-13-18(7-9-19(30)8-6-17-4-5-17)15-29(14-16)22-11-10-21(24(25,26)27)23-20(22)3-2-12-28-23/h2-3,10-12,16-18H,4-9,13-15H2,1H3/t16-,18+/m0/s1. The molecule has 2 aromatic rings. The first kappa shape index (κ1) is 21.1. The van der Waals surface area contributed by atoms with Gasteiger partial charge in [-0.05, 0) is 61.3 Å². The molecule has 0 N–H and O–H groups in total. The first-order chi connectivity index (χ1) is 14.3. The molecule has 0 bridgehead atoms. The maximum Gasteiger partial charge on any atom is 0.418 e. The van der Waals surface area contributed by atoms with Crippen LogP contribution >= 0.6 is 0 Å². The van der Waals surface area contributed by atoms with Crippen LogP contribution in [-0.4, -0.2) is 23.9 Å². The number of benzene rings is 1. The molecule has 2 heterocycles. The summed E-state index contributed by atoms with van der Waals surface area (Å²) in [5.74, 6) is 1.95. The lowest BCUT2D eigenvalue weighted by molar-refractivity contribution is -0.136. The number of rotatable bonds is 7. The van der Waals surface area contributed by atoms with E-state index in [0.29, 0.717) is 35.8 Å². The highest BCUT2D eigenvalue weighted by Gasteiger charge is 2.34. The lowest BCUT2D eigenvalue weighted by Crippen LogP contribution is -2.40. The van der Waals surface area contributed by atoms with Crippen LogP contribution in [-0.2, 0) is 11.0 Å². The van der Waals surface area contributed by atoms with Crippen molar-refractivity contribution in [3.63, 3.8) is 0 Å². The normalized spacial score (nSPS) is 22.5. The van der Waals surface area contributed by atoms with E-state index < -0.39 is 11.7 Å². The van der Waals surface area contributed by atoms with E-state index in [1.807, 2.05) is 0 Å². The van der Waals surface area contributed by atoms with Gasteiger partial charge >= 0.3 is 6.18 Å². The predicted molar refractivity (Wildman–Crippen MR) is 112 cm³/mol. The fourth-order valence-electron chi connectivity index (χ4n) is 4.81. The highest BCUT2D eigenvalue weighted by Crippen LogP contribution is 2.39. The maximum absolute atomic E-state index is 13.4. The second-order valence-corrected chi connectivity index (χ2v) is 9.20. The average Bonchev–Trinajstić information content (AvgIpc) is 3.53. The van der Waals surface area contributed by atoms with Crippen LogP contribution < -0.4 is 4.90 Å². The number of carbonyl (C=O) groups is 1. The Labute approximate surface area is 175 Å². The molecule has 1 aromatic heterocycles. The summed E-state index contributed by atoms with van der Waals surface area (Å²) >= 11 is 0. The van der Waals surface area contributed by atoms with Gasteiger partial charge in [0.15, 0.2) is 0 Å². The van der Waals surface area contributed by atoms with Crippen LogP contribution in [0.5, 0.6) is 0 Å².